The fraction of sp³-hybridized carbons (Fsp3) is 0.304. The van der Waals surface area contributed by atoms with Crippen LogP contribution in [-0.4, -0.2) is 30.0 Å². The molecule has 5 nitrogen and oxygen atoms in total. The number of hydrogen-bond acceptors (Lipinski definition) is 6. The maximum absolute atomic E-state index is 11.8. The van der Waals surface area contributed by atoms with Crippen molar-refractivity contribution in [2.75, 3.05) is 19.8 Å². The molecule has 0 spiro atoms. The highest BCUT2D eigenvalue weighted by Crippen LogP contribution is 2.32. The van der Waals surface area contributed by atoms with Gasteiger partial charge in [0.1, 0.15) is 10.1 Å². The van der Waals surface area contributed by atoms with Crippen LogP contribution in [0.25, 0.3) is 6.08 Å². The number of nitrogens with one attached hydrogen (secondary N) is 1. The van der Waals surface area contributed by atoms with E-state index in [1.165, 1.54) is 17.3 Å². The highest BCUT2D eigenvalue weighted by atomic mass is 32.2. The topological polar surface area (TPSA) is 56.8 Å². The standard InChI is InChI=1S/C23H25NO4S2/c1-3-16-6-9-18(10-7-16)27-12-5-13-28-19-11-8-17(14-20(19)26-4-2)15-21-22(25)24-23(29)30-21/h6-11,14-15H,3-5,12-13H2,1-2H3,(H,24,25,29). The lowest BCUT2D eigenvalue weighted by atomic mass is 10.2. The molecule has 0 unspecified atom stereocenters. The summed E-state index contributed by atoms with van der Waals surface area (Å²) in [5, 5.41) is 2.61. The third-order valence-electron chi connectivity index (χ3n) is 4.35. The Balaban J connectivity index is 1.54. The van der Waals surface area contributed by atoms with E-state index in [1.54, 1.807) is 6.08 Å². The van der Waals surface area contributed by atoms with Crippen LogP contribution in [0.5, 0.6) is 17.2 Å². The number of aryl methyl sites for hydroxylation is 1. The molecule has 0 aromatic heterocycles. The fourth-order valence-corrected chi connectivity index (χ4v) is 3.87. The fourth-order valence-electron chi connectivity index (χ4n) is 2.83. The Morgan fingerprint density at radius 1 is 1.00 bits per heavy atom. The zero-order valence-electron chi connectivity index (χ0n) is 17.1. The van der Waals surface area contributed by atoms with Gasteiger partial charge in [-0.2, -0.15) is 0 Å². The lowest BCUT2D eigenvalue weighted by molar-refractivity contribution is -0.115. The van der Waals surface area contributed by atoms with Gasteiger partial charge in [-0.15, -0.1) is 0 Å². The van der Waals surface area contributed by atoms with Gasteiger partial charge in [-0.25, -0.2) is 0 Å². The average molecular weight is 444 g/mol. The van der Waals surface area contributed by atoms with Crippen molar-refractivity contribution in [1.29, 1.82) is 0 Å². The van der Waals surface area contributed by atoms with Crippen LogP contribution < -0.4 is 19.5 Å². The second kappa shape index (κ2) is 11.0. The van der Waals surface area contributed by atoms with Gasteiger partial charge in [0.2, 0.25) is 0 Å². The monoisotopic (exact) mass is 443 g/mol. The van der Waals surface area contributed by atoms with Gasteiger partial charge in [0.05, 0.1) is 24.7 Å². The van der Waals surface area contributed by atoms with Gasteiger partial charge >= 0.3 is 0 Å². The summed E-state index contributed by atoms with van der Waals surface area (Å²) in [6.07, 6.45) is 3.57. The molecule has 0 radical (unpaired) electrons. The van der Waals surface area contributed by atoms with E-state index in [0.717, 1.165) is 24.2 Å². The molecule has 7 heteroatoms. The molecule has 30 heavy (non-hydrogen) atoms. The predicted molar refractivity (Wildman–Crippen MR) is 125 cm³/mol. The van der Waals surface area contributed by atoms with Gasteiger partial charge in [-0.1, -0.05) is 49.1 Å². The molecule has 158 valence electrons. The van der Waals surface area contributed by atoms with E-state index in [-0.39, 0.29) is 5.91 Å². The van der Waals surface area contributed by atoms with E-state index in [1.807, 2.05) is 37.3 Å². The quantitative estimate of drug-likeness (QED) is 0.317. The van der Waals surface area contributed by atoms with Gasteiger partial charge < -0.3 is 19.5 Å². The number of amides is 1. The van der Waals surface area contributed by atoms with Gasteiger partial charge in [-0.05, 0) is 54.8 Å². The highest BCUT2D eigenvalue weighted by Gasteiger charge is 2.22. The Labute approximate surface area is 186 Å². The molecule has 1 fully saturated rings. The largest absolute Gasteiger partial charge is 0.493 e. The summed E-state index contributed by atoms with van der Waals surface area (Å²) >= 11 is 6.28. The minimum Gasteiger partial charge on any atom is -0.493 e. The third kappa shape index (κ3) is 6.24. The minimum atomic E-state index is -0.173. The van der Waals surface area contributed by atoms with Crippen molar-refractivity contribution in [2.24, 2.45) is 0 Å². The van der Waals surface area contributed by atoms with Gasteiger partial charge in [0.25, 0.3) is 5.91 Å². The van der Waals surface area contributed by atoms with E-state index >= 15 is 0 Å². The Morgan fingerprint density at radius 2 is 1.77 bits per heavy atom. The first-order valence-corrected chi connectivity index (χ1v) is 11.2. The van der Waals surface area contributed by atoms with E-state index in [9.17, 15) is 4.79 Å². The maximum atomic E-state index is 11.8. The molecular weight excluding hydrogens is 418 g/mol. The second-order valence-corrected chi connectivity index (χ2v) is 8.26. The van der Waals surface area contributed by atoms with Crippen molar-refractivity contribution in [3.63, 3.8) is 0 Å². The molecule has 1 heterocycles. The molecule has 1 aliphatic heterocycles. The van der Waals surface area contributed by atoms with Crippen LogP contribution in [0, 0.1) is 0 Å². The number of thiocarbonyl (C=S) groups is 1. The number of rotatable bonds is 10. The van der Waals surface area contributed by atoms with Gasteiger partial charge in [-0.3, -0.25) is 4.79 Å². The van der Waals surface area contributed by atoms with Crippen LogP contribution in [0.3, 0.4) is 0 Å². The van der Waals surface area contributed by atoms with Crippen LogP contribution in [0.2, 0.25) is 0 Å². The summed E-state index contributed by atoms with van der Waals surface area (Å²) in [7, 11) is 0. The first kappa shape index (κ1) is 22.2. The molecule has 2 aromatic rings. The Kier molecular flexibility index (Phi) is 8.16. The molecule has 0 atom stereocenters. The molecule has 1 aliphatic rings. The summed E-state index contributed by atoms with van der Waals surface area (Å²) in [5.41, 5.74) is 2.15. The molecule has 2 aromatic carbocycles. The van der Waals surface area contributed by atoms with Crippen molar-refractivity contribution < 1.29 is 19.0 Å². The SMILES string of the molecule is CCOc1cc(C=C2SC(=S)NC2=O)ccc1OCCCOc1ccc(CC)cc1. The van der Waals surface area contributed by atoms with Crippen LogP contribution >= 0.6 is 24.0 Å². The Bertz CT molecular complexity index is 925. The lowest BCUT2D eigenvalue weighted by Crippen LogP contribution is -2.17. The summed E-state index contributed by atoms with van der Waals surface area (Å²) in [6.45, 7) is 5.66. The van der Waals surface area contributed by atoms with Crippen LogP contribution in [0.15, 0.2) is 47.4 Å². The normalized spacial score (nSPS) is 14.7. The van der Waals surface area contributed by atoms with Crippen LogP contribution in [0.1, 0.15) is 31.4 Å². The Hall–Kier alpha value is -2.51. The van der Waals surface area contributed by atoms with Crippen LogP contribution in [0.4, 0.5) is 0 Å². The Morgan fingerprint density at radius 3 is 2.43 bits per heavy atom. The predicted octanol–water partition coefficient (Wildman–Crippen LogP) is 4.98. The third-order valence-corrected chi connectivity index (χ3v) is 5.52. The molecule has 1 saturated heterocycles. The highest BCUT2D eigenvalue weighted by molar-refractivity contribution is 8.26. The molecule has 0 saturated carbocycles. The lowest BCUT2D eigenvalue weighted by Gasteiger charge is -2.13. The first-order valence-electron chi connectivity index (χ1n) is 9.95. The minimum absolute atomic E-state index is 0.173. The van der Waals surface area contributed by atoms with Crippen molar-refractivity contribution in [3.05, 3.63) is 58.5 Å². The number of thioether (sulfide) groups is 1. The molecule has 0 bridgehead atoms. The molecule has 0 aliphatic carbocycles. The second-order valence-electron chi connectivity index (χ2n) is 6.54. The number of benzene rings is 2. The van der Waals surface area contributed by atoms with Gasteiger partial charge in [0.15, 0.2) is 11.5 Å². The number of hydrogen-bond donors (Lipinski definition) is 1. The summed E-state index contributed by atoms with van der Waals surface area (Å²) in [6, 6.07) is 13.8. The van der Waals surface area contributed by atoms with Crippen molar-refractivity contribution in [1.82, 2.24) is 5.32 Å². The number of ether oxygens (including phenoxy) is 3. The summed E-state index contributed by atoms with van der Waals surface area (Å²) in [5.74, 6) is 2.01. The summed E-state index contributed by atoms with van der Waals surface area (Å²) < 4.78 is 17.9. The first-order chi connectivity index (χ1) is 14.6. The zero-order chi connectivity index (χ0) is 21.3. The number of carbonyl (C=O) groups is 1. The van der Waals surface area contributed by atoms with E-state index in [4.69, 9.17) is 26.4 Å². The van der Waals surface area contributed by atoms with Crippen molar-refractivity contribution >= 4 is 40.3 Å². The van der Waals surface area contributed by atoms with Gasteiger partial charge in [0, 0.05) is 6.42 Å². The van der Waals surface area contributed by atoms with E-state index in [2.05, 4.69) is 24.4 Å². The average Bonchev–Trinajstić information content (AvgIpc) is 3.06. The van der Waals surface area contributed by atoms with E-state index < -0.39 is 0 Å². The summed E-state index contributed by atoms with van der Waals surface area (Å²) in [4.78, 5) is 12.4. The molecular formula is C23H25NO4S2. The number of carbonyl (C=O) groups excluding carboxylic acids is 1. The smallest absolute Gasteiger partial charge is 0.263 e. The maximum Gasteiger partial charge on any atom is 0.263 e. The van der Waals surface area contributed by atoms with Crippen molar-refractivity contribution in [2.45, 2.75) is 26.7 Å². The molecule has 1 N–H and O–H groups in total. The van der Waals surface area contributed by atoms with Crippen molar-refractivity contribution in [3.8, 4) is 17.2 Å². The van der Waals surface area contributed by atoms with E-state index in [0.29, 0.717) is 40.5 Å². The molecule has 1 amide bonds. The molecule has 3 rings (SSSR count). The van der Waals surface area contributed by atoms with Crippen LogP contribution in [-0.2, 0) is 11.2 Å². The zero-order valence-corrected chi connectivity index (χ0v) is 18.7.